The first-order valence-corrected chi connectivity index (χ1v) is 10.1. The maximum absolute atomic E-state index is 10.7. The van der Waals surface area contributed by atoms with E-state index in [1.807, 2.05) is 0 Å². The van der Waals surface area contributed by atoms with Crippen molar-refractivity contribution in [3.63, 3.8) is 0 Å². The standard InChI is InChI=1S/C20H18.F6P.Na/c1-4-10-17(11-5-1)16-20(18-12-6-2-7-13-18)19-14-8-3-9-15-19;1-7(2,3,4,5)6;/h1-15,20H,16H2;;/q;-1;+1. The molecule has 0 aliphatic heterocycles. The largest absolute Gasteiger partial charge is 1.00 e. The molecule has 0 unspecified atom stereocenters. The topological polar surface area (TPSA) is 0 Å². The van der Waals surface area contributed by atoms with E-state index in [4.69, 9.17) is 0 Å². The number of halogens is 6. The van der Waals surface area contributed by atoms with Crippen LogP contribution in [-0.4, -0.2) is 0 Å². The molecule has 8 heteroatoms. The monoisotopic (exact) mass is 426 g/mol. The van der Waals surface area contributed by atoms with Crippen molar-refractivity contribution in [1.82, 2.24) is 0 Å². The average molecular weight is 426 g/mol. The minimum atomic E-state index is -10.7. The van der Waals surface area contributed by atoms with Crippen LogP contribution < -0.4 is 29.6 Å². The van der Waals surface area contributed by atoms with Gasteiger partial charge in [-0.25, -0.2) is 0 Å². The Morgan fingerprint density at radius 2 is 0.821 bits per heavy atom. The fraction of sp³-hybridized carbons (Fsp3) is 0.100. The van der Waals surface area contributed by atoms with Crippen molar-refractivity contribution in [2.45, 2.75) is 12.3 Å². The second kappa shape index (κ2) is 9.00. The molecule has 0 saturated carbocycles. The average Bonchev–Trinajstić information content (AvgIpc) is 2.59. The van der Waals surface area contributed by atoms with Crippen molar-refractivity contribution in [2.24, 2.45) is 0 Å². The molecule has 3 rings (SSSR count). The Balaban J connectivity index is 0.000000425. The molecule has 0 spiro atoms. The summed E-state index contributed by atoms with van der Waals surface area (Å²) in [5, 5.41) is 0. The van der Waals surface area contributed by atoms with Crippen molar-refractivity contribution < 1.29 is 54.7 Å². The summed E-state index contributed by atoms with van der Waals surface area (Å²) >= 11 is 0. The summed E-state index contributed by atoms with van der Waals surface area (Å²) in [6.07, 6.45) is 1.04. The van der Waals surface area contributed by atoms with Crippen LogP contribution in [0.25, 0.3) is 0 Å². The summed E-state index contributed by atoms with van der Waals surface area (Å²) in [5.74, 6) is 0.416. The molecule has 28 heavy (non-hydrogen) atoms. The normalized spacial score (nSPS) is 13.4. The molecule has 0 aromatic heterocycles. The molecule has 0 heterocycles. The second-order valence-electron chi connectivity index (χ2n) is 6.02. The van der Waals surface area contributed by atoms with Crippen molar-refractivity contribution >= 4 is 7.81 Å². The fourth-order valence-electron chi connectivity index (χ4n) is 2.65. The van der Waals surface area contributed by atoms with E-state index in [1.54, 1.807) is 0 Å². The maximum atomic E-state index is 9.87. The van der Waals surface area contributed by atoms with Crippen LogP contribution in [0.1, 0.15) is 22.6 Å². The fourth-order valence-corrected chi connectivity index (χ4v) is 2.65. The van der Waals surface area contributed by atoms with E-state index in [9.17, 15) is 25.2 Å². The molecule has 3 aromatic carbocycles. The van der Waals surface area contributed by atoms with E-state index in [0.29, 0.717) is 5.92 Å². The zero-order valence-corrected chi connectivity index (χ0v) is 18.1. The van der Waals surface area contributed by atoms with E-state index in [0.717, 1.165) is 6.42 Å². The summed E-state index contributed by atoms with van der Waals surface area (Å²) in [6, 6.07) is 32.2. The van der Waals surface area contributed by atoms with Crippen LogP contribution in [0.5, 0.6) is 0 Å². The first-order valence-electron chi connectivity index (χ1n) is 8.09. The molecule has 0 nitrogen and oxygen atoms in total. The number of hydrogen-bond donors (Lipinski definition) is 0. The van der Waals surface area contributed by atoms with Gasteiger partial charge in [0, 0.05) is 5.92 Å². The first kappa shape index (κ1) is 24.7. The molecule has 146 valence electrons. The molecule has 0 radical (unpaired) electrons. The predicted octanol–water partition coefficient (Wildman–Crippen LogP) is 5.45. The molecule has 0 aliphatic rings. The van der Waals surface area contributed by atoms with Gasteiger partial charge in [-0.3, -0.25) is 0 Å². The third-order valence-electron chi connectivity index (χ3n) is 3.69. The van der Waals surface area contributed by atoms with Gasteiger partial charge in [-0.1, -0.05) is 91.0 Å². The summed E-state index contributed by atoms with van der Waals surface area (Å²) in [6.45, 7) is 0. The first-order chi connectivity index (χ1) is 12.4. The van der Waals surface area contributed by atoms with Crippen LogP contribution in [-0.2, 0) is 6.42 Å². The van der Waals surface area contributed by atoms with Crippen LogP contribution in [0.4, 0.5) is 25.2 Å². The van der Waals surface area contributed by atoms with Gasteiger partial charge in [0.15, 0.2) is 0 Å². The molecule has 0 aliphatic carbocycles. The Bertz CT molecular complexity index is 787. The van der Waals surface area contributed by atoms with Crippen LogP contribution in [0, 0.1) is 0 Å². The molecule has 0 bridgehead atoms. The van der Waals surface area contributed by atoms with Gasteiger partial charge in [0.25, 0.3) is 0 Å². The smallest absolute Gasteiger partial charge is 0.0622 e. The van der Waals surface area contributed by atoms with Crippen molar-refractivity contribution in [3.05, 3.63) is 108 Å². The molecule has 0 fully saturated rings. The SMILES string of the molecule is F[P-](F)(F)(F)(F)F.[Na+].c1ccc(CC(c2ccccc2)c2ccccc2)cc1. The number of rotatable bonds is 4. The quantitative estimate of drug-likeness (QED) is 0.296. The number of hydrogen-bond acceptors (Lipinski definition) is 0. The molecule has 3 aromatic rings. The second-order valence-corrected chi connectivity index (χ2v) is 7.94. The summed E-state index contributed by atoms with van der Waals surface area (Å²) < 4.78 is 59.2. The van der Waals surface area contributed by atoms with Crippen LogP contribution >= 0.6 is 7.81 Å². The Morgan fingerprint density at radius 3 is 1.14 bits per heavy atom. The van der Waals surface area contributed by atoms with Gasteiger partial charge in [-0.05, 0) is 23.1 Å². The Hall–Kier alpha value is -1.33. The van der Waals surface area contributed by atoms with E-state index in [-0.39, 0.29) is 29.6 Å². The van der Waals surface area contributed by atoms with Crippen LogP contribution in [0.2, 0.25) is 0 Å². The molecular weight excluding hydrogens is 408 g/mol. The van der Waals surface area contributed by atoms with Gasteiger partial charge in [0.05, 0.1) is 0 Å². The molecule has 0 N–H and O–H groups in total. The van der Waals surface area contributed by atoms with E-state index in [1.165, 1.54) is 16.7 Å². The van der Waals surface area contributed by atoms with Crippen molar-refractivity contribution in [1.29, 1.82) is 0 Å². The van der Waals surface area contributed by atoms with Crippen LogP contribution in [0.3, 0.4) is 0 Å². The minimum Gasteiger partial charge on any atom is -0.0622 e. The molecule has 0 atom stereocenters. The van der Waals surface area contributed by atoms with Crippen LogP contribution in [0.15, 0.2) is 91.0 Å². The third kappa shape index (κ3) is 11.5. The third-order valence-corrected chi connectivity index (χ3v) is 3.69. The van der Waals surface area contributed by atoms with Crippen molar-refractivity contribution in [2.75, 3.05) is 0 Å². The van der Waals surface area contributed by atoms with Gasteiger partial charge in [0.1, 0.15) is 0 Å². The number of benzene rings is 3. The Kier molecular flexibility index (Phi) is 7.94. The summed E-state index contributed by atoms with van der Waals surface area (Å²) in [7, 11) is -10.7. The van der Waals surface area contributed by atoms with E-state index < -0.39 is 7.81 Å². The van der Waals surface area contributed by atoms with Gasteiger partial charge < -0.3 is 0 Å². The molecular formula is C20H18F6NaP. The molecule has 0 saturated heterocycles. The maximum Gasteiger partial charge on any atom is 1.00 e. The van der Waals surface area contributed by atoms with E-state index in [2.05, 4.69) is 91.0 Å². The predicted molar refractivity (Wildman–Crippen MR) is 98.4 cm³/mol. The minimum absolute atomic E-state index is 0. The zero-order chi connectivity index (χ0) is 20.0. The van der Waals surface area contributed by atoms with E-state index >= 15 is 0 Å². The van der Waals surface area contributed by atoms with Gasteiger partial charge in [-0.2, -0.15) is 0 Å². The van der Waals surface area contributed by atoms with Gasteiger partial charge in [-0.15, -0.1) is 0 Å². The molecule has 0 amide bonds. The van der Waals surface area contributed by atoms with Crippen molar-refractivity contribution in [3.8, 4) is 0 Å². The summed E-state index contributed by atoms with van der Waals surface area (Å²) in [5.41, 5.74) is 4.13. The van der Waals surface area contributed by atoms with Gasteiger partial charge in [0.2, 0.25) is 0 Å². The Morgan fingerprint density at radius 1 is 0.536 bits per heavy atom. The zero-order valence-electron chi connectivity index (χ0n) is 15.2. The van der Waals surface area contributed by atoms with Gasteiger partial charge >= 0.3 is 62.5 Å². The Labute approximate surface area is 182 Å². The summed E-state index contributed by atoms with van der Waals surface area (Å²) in [4.78, 5) is 0.